The van der Waals surface area contributed by atoms with E-state index in [-0.39, 0.29) is 6.04 Å². The number of aryl methyl sites for hydroxylation is 1. The molecular formula is C9H13N5S2. The SMILES string of the molecule is Cc1nn(C(C)C)c(Sc2nncs2)c1N. The Hall–Kier alpha value is -1.08. The molecule has 2 aromatic heterocycles. The van der Waals surface area contributed by atoms with Gasteiger partial charge in [0.15, 0.2) is 4.34 Å². The van der Waals surface area contributed by atoms with Crippen LogP contribution in [0.15, 0.2) is 14.9 Å². The van der Waals surface area contributed by atoms with Gasteiger partial charge in [-0.15, -0.1) is 10.2 Å². The highest BCUT2D eigenvalue weighted by Crippen LogP contribution is 2.35. The van der Waals surface area contributed by atoms with Gasteiger partial charge < -0.3 is 5.73 Å². The summed E-state index contributed by atoms with van der Waals surface area (Å²) in [7, 11) is 0. The fourth-order valence-electron chi connectivity index (χ4n) is 1.28. The van der Waals surface area contributed by atoms with Gasteiger partial charge in [0.25, 0.3) is 0 Å². The molecule has 0 saturated heterocycles. The molecule has 5 nitrogen and oxygen atoms in total. The Bertz CT molecular complexity index is 474. The van der Waals surface area contributed by atoms with Crippen LogP contribution in [0.5, 0.6) is 0 Å². The van der Waals surface area contributed by atoms with E-state index in [0.29, 0.717) is 0 Å². The molecule has 0 atom stereocenters. The van der Waals surface area contributed by atoms with Crippen LogP contribution in [-0.2, 0) is 0 Å². The van der Waals surface area contributed by atoms with E-state index in [0.717, 1.165) is 20.7 Å². The summed E-state index contributed by atoms with van der Waals surface area (Å²) < 4.78 is 2.81. The quantitative estimate of drug-likeness (QED) is 0.911. The normalized spacial score (nSPS) is 11.2. The van der Waals surface area contributed by atoms with Crippen LogP contribution < -0.4 is 5.73 Å². The van der Waals surface area contributed by atoms with Gasteiger partial charge in [-0.3, -0.25) is 4.68 Å². The van der Waals surface area contributed by atoms with Crippen LogP contribution in [0.3, 0.4) is 0 Å². The van der Waals surface area contributed by atoms with Crippen molar-refractivity contribution in [3.63, 3.8) is 0 Å². The Labute approximate surface area is 102 Å². The van der Waals surface area contributed by atoms with Gasteiger partial charge in [-0.25, -0.2) is 0 Å². The minimum atomic E-state index is 0.284. The minimum Gasteiger partial charge on any atom is -0.395 e. The van der Waals surface area contributed by atoms with E-state index in [1.54, 1.807) is 5.51 Å². The topological polar surface area (TPSA) is 69.6 Å². The molecule has 2 aromatic rings. The molecule has 0 saturated carbocycles. The lowest BCUT2D eigenvalue weighted by Crippen LogP contribution is -2.04. The second-order valence-corrected chi connectivity index (χ2v) is 5.72. The van der Waals surface area contributed by atoms with Crippen LogP contribution in [0, 0.1) is 6.92 Å². The van der Waals surface area contributed by atoms with Gasteiger partial charge >= 0.3 is 0 Å². The lowest BCUT2D eigenvalue weighted by molar-refractivity contribution is 0.491. The summed E-state index contributed by atoms with van der Waals surface area (Å²) in [6.45, 7) is 6.07. The molecule has 0 amide bonds. The maximum absolute atomic E-state index is 6.01. The Balaban J connectivity index is 2.38. The number of nitrogens with zero attached hydrogens (tertiary/aromatic N) is 4. The smallest absolute Gasteiger partial charge is 0.180 e. The van der Waals surface area contributed by atoms with E-state index >= 15 is 0 Å². The number of anilines is 1. The third-order valence-electron chi connectivity index (χ3n) is 2.10. The van der Waals surface area contributed by atoms with Crippen molar-refractivity contribution in [3.8, 4) is 0 Å². The maximum atomic E-state index is 6.01. The van der Waals surface area contributed by atoms with Crippen LogP contribution in [0.2, 0.25) is 0 Å². The van der Waals surface area contributed by atoms with Gasteiger partial charge in [-0.1, -0.05) is 11.3 Å². The summed E-state index contributed by atoms with van der Waals surface area (Å²) in [6.07, 6.45) is 0. The zero-order chi connectivity index (χ0) is 11.7. The summed E-state index contributed by atoms with van der Waals surface area (Å²) in [4.78, 5) is 0. The molecule has 0 radical (unpaired) electrons. The first-order valence-corrected chi connectivity index (χ1v) is 6.57. The first-order chi connectivity index (χ1) is 7.59. The molecule has 0 aliphatic rings. The van der Waals surface area contributed by atoms with Crippen molar-refractivity contribution in [2.45, 2.75) is 36.2 Å². The third-order valence-corrected chi connectivity index (χ3v) is 3.98. The van der Waals surface area contributed by atoms with Gasteiger partial charge in [0, 0.05) is 6.04 Å². The lowest BCUT2D eigenvalue weighted by atomic mass is 10.4. The Morgan fingerprint density at radius 2 is 2.25 bits per heavy atom. The summed E-state index contributed by atoms with van der Waals surface area (Å²) in [5, 5.41) is 13.2. The summed E-state index contributed by atoms with van der Waals surface area (Å²) >= 11 is 3.02. The number of rotatable bonds is 3. The summed E-state index contributed by atoms with van der Waals surface area (Å²) in [5.74, 6) is 0. The highest BCUT2D eigenvalue weighted by Gasteiger charge is 2.16. The molecule has 0 aliphatic heterocycles. The van der Waals surface area contributed by atoms with Crippen molar-refractivity contribution < 1.29 is 0 Å². The summed E-state index contributed by atoms with van der Waals surface area (Å²) in [5.41, 5.74) is 9.31. The van der Waals surface area contributed by atoms with Crippen molar-refractivity contribution in [1.29, 1.82) is 0 Å². The van der Waals surface area contributed by atoms with Gasteiger partial charge in [-0.05, 0) is 32.5 Å². The zero-order valence-electron chi connectivity index (χ0n) is 9.34. The average Bonchev–Trinajstić information content (AvgIpc) is 2.81. The Morgan fingerprint density at radius 1 is 1.50 bits per heavy atom. The molecule has 16 heavy (non-hydrogen) atoms. The number of hydrogen-bond donors (Lipinski definition) is 1. The van der Waals surface area contributed by atoms with E-state index in [2.05, 4.69) is 29.1 Å². The molecule has 0 unspecified atom stereocenters. The Kier molecular flexibility index (Phi) is 3.15. The van der Waals surface area contributed by atoms with Crippen molar-refractivity contribution in [3.05, 3.63) is 11.2 Å². The largest absolute Gasteiger partial charge is 0.395 e. The third kappa shape index (κ3) is 2.05. The molecule has 7 heteroatoms. The van der Waals surface area contributed by atoms with Crippen molar-refractivity contribution in [2.24, 2.45) is 0 Å². The fraction of sp³-hybridized carbons (Fsp3) is 0.444. The van der Waals surface area contributed by atoms with E-state index in [4.69, 9.17) is 5.73 Å². The molecule has 86 valence electrons. The first-order valence-electron chi connectivity index (χ1n) is 4.88. The highest BCUT2D eigenvalue weighted by molar-refractivity contribution is 8.01. The minimum absolute atomic E-state index is 0.284. The molecule has 0 bridgehead atoms. The molecule has 2 N–H and O–H groups in total. The second kappa shape index (κ2) is 4.42. The van der Waals surface area contributed by atoms with Crippen LogP contribution in [0.4, 0.5) is 5.69 Å². The fourth-order valence-corrected chi connectivity index (χ4v) is 2.97. The van der Waals surface area contributed by atoms with Gasteiger partial charge in [0.05, 0.1) is 11.4 Å². The van der Waals surface area contributed by atoms with E-state index in [1.807, 2.05) is 11.6 Å². The molecule has 0 spiro atoms. The molecule has 0 aromatic carbocycles. The number of hydrogen-bond acceptors (Lipinski definition) is 6. The predicted octanol–water partition coefficient (Wildman–Crippen LogP) is 2.36. The lowest BCUT2D eigenvalue weighted by Gasteiger charge is -2.09. The van der Waals surface area contributed by atoms with Gasteiger partial charge in [-0.2, -0.15) is 5.10 Å². The van der Waals surface area contributed by atoms with Crippen molar-refractivity contribution in [1.82, 2.24) is 20.0 Å². The molecule has 2 rings (SSSR count). The van der Waals surface area contributed by atoms with Gasteiger partial charge in [0.1, 0.15) is 10.5 Å². The zero-order valence-corrected chi connectivity index (χ0v) is 11.0. The molecular weight excluding hydrogens is 242 g/mol. The second-order valence-electron chi connectivity index (χ2n) is 3.65. The van der Waals surface area contributed by atoms with Crippen LogP contribution in [-0.4, -0.2) is 20.0 Å². The van der Waals surface area contributed by atoms with Gasteiger partial charge in [0.2, 0.25) is 0 Å². The standard InChI is InChI=1S/C9H13N5S2/c1-5(2)14-8(7(10)6(3)13-14)16-9-12-11-4-15-9/h4-5H,10H2,1-3H3. The monoisotopic (exact) mass is 255 g/mol. The average molecular weight is 255 g/mol. The maximum Gasteiger partial charge on any atom is 0.180 e. The van der Waals surface area contributed by atoms with Crippen LogP contribution >= 0.6 is 23.1 Å². The van der Waals surface area contributed by atoms with E-state index < -0.39 is 0 Å². The number of nitrogen functional groups attached to an aromatic ring is 1. The van der Waals surface area contributed by atoms with E-state index in [9.17, 15) is 0 Å². The van der Waals surface area contributed by atoms with Crippen molar-refractivity contribution >= 4 is 28.8 Å². The highest BCUT2D eigenvalue weighted by atomic mass is 32.2. The Morgan fingerprint density at radius 3 is 2.81 bits per heavy atom. The number of aromatic nitrogens is 4. The van der Waals surface area contributed by atoms with Crippen LogP contribution in [0.1, 0.15) is 25.6 Å². The molecule has 2 heterocycles. The summed E-state index contributed by atoms with van der Waals surface area (Å²) in [6, 6.07) is 0.284. The van der Waals surface area contributed by atoms with Crippen LogP contribution in [0.25, 0.3) is 0 Å². The first kappa shape index (κ1) is 11.4. The molecule has 0 fully saturated rings. The molecule has 0 aliphatic carbocycles. The predicted molar refractivity (Wildman–Crippen MR) is 65.8 cm³/mol. The number of nitrogens with two attached hydrogens (primary N) is 1. The van der Waals surface area contributed by atoms with E-state index in [1.165, 1.54) is 23.1 Å². The van der Waals surface area contributed by atoms with Crippen molar-refractivity contribution in [2.75, 3.05) is 5.73 Å².